The lowest BCUT2D eigenvalue weighted by Gasteiger charge is -2.24. The summed E-state index contributed by atoms with van der Waals surface area (Å²) in [6.07, 6.45) is 0.471. The van der Waals surface area contributed by atoms with Crippen LogP contribution in [0.1, 0.15) is 22.3 Å². The van der Waals surface area contributed by atoms with Gasteiger partial charge in [-0.3, -0.25) is 9.59 Å². The third kappa shape index (κ3) is 2.17. The molecule has 1 aliphatic rings. The first kappa shape index (κ1) is 11.0. The van der Waals surface area contributed by atoms with Crippen LogP contribution >= 0.6 is 11.6 Å². The summed E-state index contributed by atoms with van der Waals surface area (Å²) in [7, 11) is 0. The van der Waals surface area contributed by atoms with Crippen LogP contribution in [0.15, 0.2) is 18.2 Å². The van der Waals surface area contributed by atoms with Gasteiger partial charge in [0.05, 0.1) is 6.42 Å². The fraction of sp³-hybridized carbons (Fsp3) is 0.273. The van der Waals surface area contributed by atoms with E-state index < -0.39 is 5.97 Å². The Balaban J connectivity index is 2.26. The van der Waals surface area contributed by atoms with Crippen LogP contribution in [-0.4, -0.2) is 23.0 Å². The smallest absolute Gasteiger partial charge is 0.305 e. The standard InChI is InChI=1S/C11H10ClNO3/c12-7-2-1-6-3-8(5-10(14)15)13-11(16)9(6)4-7/h1-2,4,8H,3,5H2,(H,13,16)(H,14,15). The van der Waals surface area contributed by atoms with Crippen molar-refractivity contribution in [3.63, 3.8) is 0 Å². The van der Waals surface area contributed by atoms with Gasteiger partial charge in [0.2, 0.25) is 0 Å². The summed E-state index contributed by atoms with van der Waals surface area (Å²) in [5.74, 6) is -1.17. The van der Waals surface area contributed by atoms with Gasteiger partial charge >= 0.3 is 5.97 Å². The second-order valence-electron chi connectivity index (χ2n) is 3.77. The second kappa shape index (κ2) is 4.14. The lowest BCUT2D eigenvalue weighted by Crippen LogP contribution is -2.42. The lowest BCUT2D eigenvalue weighted by molar-refractivity contribution is -0.137. The minimum Gasteiger partial charge on any atom is -0.481 e. The van der Waals surface area contributed by atoms with Gasteiger partial charge in [0.15, 0.2) is 0 Å². The SMILES string of the molecule is O=C(O)CC1Cc2ccc(Cl)cc2C(=O)N1. The third-order valence-electron chi connectivity index (χ3n) is 2.54. The van der Waals surface area contributed by atoms with Crippen molar-refractivity contribution in [1.29, 1.82) is 0 Å². The van der Waals surface area contributed by atoms with E-state index in [0.717, 1.165) is 5.56 Å². The molecule has 0 spiro atoms. The van der Waals surface area contributed by atoms with E-state index in [9.17, 15) is 9.59 Å². The molecule has 0 aliphatic carbocycles. The van der Waals surface area contributed by atoms with Crippen molar-refractivity contribution in [3.05, 3.63) is 34.3 Å². The summed E-state index contributed by atoms with van der Waals surface area (Å²) in [6.45, 7) is 0. The van der Waals surface area contributed by atoms with E-state index in [1.165, 1.54) is 0 Å². The minimum absolute atomic E-state index is 0.0617. The van der Waals surface area contributed by atoms with Crippen molar-refractivity contribution >= 4 is 23.5 Å². The highest BCUT2D eigenvalue weighted by molar-refractivity contribution is 6.31. The molecule has 0 aromatic heterocycles. The van der Waals surface area contributed by atoms with Gasteiger partial charge in [0.25, 0.3) is 5.91 Å². The fourth-order valence-electron chi connectivity index (χ4n) is 1.85. The molecule has 1 heterocycles. The van der Waals surface area contributed by atoms with Crippen LogP contribution in [-0.2, 0) is 11.2 Å². The van der Waals surface area contributed by atoms with Crippen LogP contribution in [0.5, 0.6) is 0 Å². The lowest BCUT2D eigenvalue weighted by atomic mass is 9.94. The van der Waals surface area contributed by atoms with Gasteiger partial charge in [-0.25, -0.2) is 0 Å². The van der Waals surface area contributed by atoms with Crippen LogP contribution < -0.4 is 5.32 Å². The Morgan fingerprint density at radius 2 is 2.31 bits per heavy atom. The number of carbonyl (C=O) groups is 2. The first-order valence-corrected chi connectivity index (χ1v) is 5.25. The van der Waals surface area contributed by atoms with Crippen molar-refractivity contribution in [3.8, 4) is 0 Å². The number of hydrogen-bond acceptors (Lipinski definition) is 2. The number of fused-ring (bicyclic) bond motifs is 1. The summed E-state index contributed by atoms with van der Waals surface area (Å²) in [6, 6.07) is 4.74. The average Bonchev–Trinajstić information content (AvgIpc) is 2.18. The van der Waals surface area contributed by atoms with Crippen LogP contribution in [0.3, 0.4) is 0 Å². The Labute approximate surface area is 97.2 Å². The summed E-state index contributed by atoms with van der Waals surface area (Å²) in [5, 5.41) is 11.8. The van der Waals surface area contributed by atoms with Gasteiger partial charge in [-0.15, -0.1) is 0 Å². The van der Waals surface area contributed by atoms with Gasteiger partial charge in [0.1, 0.15) is 0 Å². The van der Waals surface area contributed by atoms with Crippen molar-refractivity contribution in [2.75, 3.05) is 0 Å². The molecule has 84 valence electrons. The number of carboxylic acid groups (broad SMARTS) is 1. The molecule has 0 bridgehead atoms. The third-order valence-corrected chi connectivity index (χ3v) is 2.77. The molecule has 1 aromatic rings. The molecule has 1 aliphatic heterocycles. The number of benzene rings is 1. The maximum absolute atomic E-state index is 11.7. The predicted molar refractivity (Wildman–Crippen MR) is 58.7 cm³/mol. The maximum atomic E-state index is 11.7. The average molecular weight is 240 g/mol. The van der Waals surface area contributed by atoms with Crippen molar-refractivity contribution in [2.24, 2.45) is 0 Å². The summed E-state index contributed by atoms with van der Waals surface area (Å²) in [4.78, 5) is 22.2. The summed E-state index contributed by atoms with van der Waals surface area (Å²) < 4.78 is 0. The predicted octanol–water partition coefficient (Wildman–Crippen LogP) is 1.47. The van der Waals surface area contributed by atoms with Crippen molar-refractivity contribution < 1.29 is 14.7 Å². The summed E-state index contributed by atoms with van der Waals surface area (Å²) in [5.41, 5.74) is 1.38. The highest BCUT2D eigenvalue weighted by Crippen LogP contribution is 2.21. The zero-order valence-electron chi connectivity index (χ0n) is 8.37. The number of halogens is 1. The van der Waals surface area contributed by atoms with Crippen LogP contribution in [0, 0.1) is 0 Å². The van der Waals surface area contributed by atoms with Gasteiger partial charge in [0, 0.05) is 16.6 Å². The topological polar surface area (TPSA) is 66.4 Å². The number of carbonyl (C=O) groups excluding carboxylic acids is 1. The van der Waals surface area contributed by atoms with E-state index in [-0.39, 0.29) is 18.4 Å². The molecule has 0 radical (unpaired) electrons. The molecule has 1 aromatic carbocycles. The van der Waals surface area contributed by atoms with Gasteiger partial charge in [-0.05, 0) is 24.1 Å². The molecular weight excluding hydrogens is 230 g/mol. The van der Waals surface area contributed by atoms with Crippen LogP contribution in [0.4, 0.5) is 0 Å². The molecule has 2 rings (SSSR count). The zero-order valence-corrected chi connectivity index (χ0v) is 9.12. The van der Waals surface area contributed by atoms with Gasteiger partial charge in [-0.1, -0.05) is 17.7 Å². The molecule has 4 nitrogen and oxygen atoms in total. The van der Waals surface area contributed by atoms with E-state index in [1.54, 1.807) is 18.2 Å². The Kier molecular flexibility index (Phi) is 2.83. The number of nitrogens with one attached hydrogen (secondary N) is 1. The molecule has 1 atom stereocenters. The monoisotopic (exact) mass is 239 g/mol. The highest BCUT2D eigenvalue weighted by Gasteiger charge is 2.25. The number of amides is 1. The first-order valence-electron chi connectivity index (χ1n) is 4.87. The molecule has 0 saturated heterocycles. The molecule has 0 saturated carbocycles. The van der Waals surface area contributed by atoms with Crippen molar-refractivity contribution in [1.82, 2.24) is 5.32 Å². The van der Waals surface area contributed by atoms with Crippen LogP contribution in [0.2, 0.25) is 5.02 Å². The van der Waals surface area contributed by atoms with E-state index >= 15 is 0 Å². The van der Waals surface area contributed by atoms with E-state index in [2.05, 4.69) is 5.32 Å². The molecule has 2 N–H and O–H groups in total. The number of rotatable bonds is 2. The molecular formula is C11H10ClNO3. The highest BCUT2D eigenvalue weighted by atomic mass is 35.5. The second-order valence-corrected chi connectivity index (χ2v) is 4.21. The molecule has 5 heteroatoms. The molecule has 1 amide bonds. The molecule has 16 heavy (non-hydrogen) atoms. The Bertz CT molecular complexity index is 459. The number of aliphatic carboxylic acids is 1. The Morgan fingerprint density at radius 1 is 1.56 bits per heavy atom. The first-order chi connectivity index (χ1) is 7.56. The zero-order chi connectivity index (χ0) is 11.7. The normalized spacial score (nSPS) is 18.8. The minimum atomic E-state index is -0.914. The van der Waals surface area contributed by atoms with Crippen molar-refractivity contribution in [2.45, 2.75) is 18.9 Å². The quantitative estimate of drug-likeness (QED) is 0.821. The number of hydrogen-bond donors (Lipinski definition) is 2. The van der Waals surface area contributed by atoms with E-state index in [0.29, 0.717) is 17.0 Å². The largest absolute Gasteiger partial charge is 0.481 e. The van der Waals surface area contributed by atoms with Gasteiger partial charge < -0.3 is 10.4 Å². The number of carboxylic acids is 1. The van der Waals surface area contributed by atoms with E-state index in [4.69, 9.17) is 16.7 Å². The van der Waals surface area contributed by atoms with Gasteiger partial charge in [-0.2, -0.15) is 0 Å². The Morgan fingerprint density at radius 3 is 3.00 bits per heavy atom. The Hall–Kier alpha value is -1.55. The molecule has 1 unspecified atom stereocenters. The summed E-state index contributed by atoms with van der Waals surface area (Å²) >= 11 is 5.79. The van der Waals surface area contributed by atoms with Crippen LogP contribution in [0.25, 0.3) is 0 Å². The fourth-order valence-corrected chi connectivity index (χ4v) is 2.02. The maximum Gasteiger partial charge on any atom is 0.305 e. The van der Waals surface area contributed by atoms with E-state index in [1.807, 2.05) is 0 Å². The molecule has 0 fully saturated rings.